The van der Waals surface area contributed by atoms with Crippen LogP contribution in [-0.4, -0.2) is 58.0 Å². The van der Waals surface area contributed by atoms with Crippen LogP contribution in [0.15, 0.2) is 24.3 Å². The van der Waals surface area contributed by atoms with Crippen molar-refractivity contribution >= 4 is 29.7 Å². The second-order valence-electron chi connectivity index (χ2n) is 11.1. The van der Waals surface area contributed by atoms with E-state index in [1.54, 1.807) is 37.4 Å². The SMILES string of the molecule is CCc1ccc(C(C(=O)NC(C)(C)C)N(C(=O)C(CCSC)NC(=O)OC(C)(C)C)C(C)C)cc1. The fourth-order valence-corrected chi connectivity index (χ4v) is 4.09. The van der Waals surface area contributed by atoms with E-state index in [1.165, 1.54) is 0 Å². The topological polar surface area (TPSA) is 87.7 Å². The van der Waals surface area contributed by atoms with Crippen molar-refractivity contribution in [2.24, 2.45) is 0 Å². The zero-order chi connectivity index (χ0) is 27.0. The molecule has 0 spiro atoms. The van der Waals surface area contributed by atoms with Gasteiger partial charge in [0, 0.05) is 11.6 Å². The summed E-state index contributed by atoms with van der Waals surface area (Å²) < 4.78 is 5.42. The first-order valence-electron chi connectivity index (χ1n) is 12.3. The Hall–Kier alpha value is -2.22. The van der Waals surface area contributed by atoms with Crippen LogP contribution >= 0.6 is 11.8 Å². The monoisotopic (exact) mass is 507 g/mol. The zero-order valence-corrected chi connectivity index (χ0v) is 24.0. The van der Waals surface area contributed by atoms with Crippen molar-refractivity contribution in [2.75, 3.05) is 12.0 Å². The molecular formula is C27H45N3O4S. The maximum absolute atomic E-state index is 14.0. The summed E-state index contributed by atoms with van der Waals surface area (Å²) in [6.07, 6.45) is 2.60. The maximum atomic E-state index is 14.0. The van der Waals surface area contributed by atoms with Gasteiger partial charge >= 0.3 is 6.09 Å². The maximum Gasteiger partial charge on any atom is 0.408 e. The summed E-state index contributed by atoms with van der Waals surface area (Å²) >= 11 is 1.59. The lowest BCUT2D eigenvalue weighted by Crippen LogP contribution is -2.56. The van der Waals surface area contributed by atoms with E-state index in [2.05, 4.69) is 17.6 Å². The molecule has 0 saturated heterocycles. The van der Waals surface area contributed by atoms with Crippen molar-refractivity contribution in [1.29, 1.82) is 0 Å². The van der Waals surface area contributed by atoms with Gasteiger partial charge in [-0.05, 0) is 91.4 Å². The van der Waals surface area contributed by atoms with Gasteiger partial charge in [-0.3, -0.25) is 9.59 Å². The summed E-state index contributed by atoms with van der Waals surface area (Å²) in [6, 6.07) is 5.84. The number of carbonyl (C=O) groups excluding carboxylic acids is 3. The fourth-order valence-electron chi connectivity index (χ4n) is 3.61. The van der Waals surface area contributed by atoms with Gasteiger partial charge in [0.2, 0.25) is 11.8 Å². The second-order valence-corrected chi connectivity index (χ2v) is 12.0. The molecule has 2 atom stereocenters. The Morgan fingerprint density at radius 1 is 1.03 bits per heavy atom. The molecule has 198 valence electrons. The van der Waals surface area contributed by atoms with Crippen molar-refractivity contribution in [3.63, 3.8) is 0 Å². The second kappa shape index (κ2) is 13.2. The van der Waals surface area contributed by atoms with E-state index >= 15 is 0 Å². The number of rotatable bonds is 10. The Balaban J connectivity index is 3.46. The van der Waals surface area contributed by atoms with E-state index < -0.39 is 29.3 Å². The highest BCUT2D eigenvalue weighted by molar-refractivity contribution is 7.98. The number of nitrogens with zero attached hydrogens (tertiary/aromatic N) is 1. The highest BCUT2D eigenvalue weighted by atomic mass is 32.2. The normalized spacial score (nSPS) is 13.7. The number of thioether (sulfide) groups is 1. The van der Waals surface area contributed by atoms with E-state index in [9.17, 15) is 14.4 Å². The first kappa shape index (κ1) is 30.8. The molecule has 0 heterocycles. The van der Waals surface area contributed by atoms with Crippen LogP contribution in [0.5, 0.6) is 0 Å². The molecule has 8 heteroatoms. The van der Waals surface area contributed by atoms with Gasteiger partial charge in [-0.15, -0.1) is 0 Å². The molecule has 0 bridgehead atoms. The molecule has 2 unspecified atom stereocenters. The van der Waals surface area contributed by atoms with E-state index in [0.717, 1.165) is 17.5 Å². The lowest BCUT2D eigenvalue weighted by atomic mass is 9.97. The number of nitrogens with one attached hydrogen (secondary N) is 2. The number of alkyl carbamates (subject to hydrolysis) is 1. The minimum Gasteiger partial charge on any atom is -0.444 e. The van der Waals surface area contributed by atoms with Gasteiger partial charge in [-0.1, -0.05) is 31.2 Å². The Morgan fingerprint density at radius 3 is 2.03 bits per heavy atom. The summed E-state index contributed by atoms with van der Waals surface area (Å²) in [4.78, 5) is 41.7. The molecule has 1 aromatic carbocycles. The minimum absolute atomic E-state index is 0.260. The zero-order valence-electron chi connectivity index (χ0n) is 23.2. The first-order chi connectivity index (χ1) is 16.1. The van der Waals surface area contributed by atoms with Crippen molar-refractivity contribution in [1.82, 2.24) is 15.5 Å². The fraction of sp³-hybridized carbons (Fsp3) is 0.667. The number of amides is 3. The van der Waals surface area contributed by atoms with Gasteiger partial charge in [-0.25, -0.2) is 4.79 Å². The van der Waals surface area contributed by atoms with Gasteiger partial charge in [0.15, 0.2) is 0 Å². The molecule has 35 heavy (non-hydrogen) atoms. The van der Waals surface area contributed by atoms with Crippen LogP contribution in [0.2, 0.25) is 0 Å². The largest absolute Gasteiger partial charge is 0.444 e. The van der Waals surface area contributed by atoms with Crippen LogP contribution in [0.4, 0.5) is 4.79 Å². The number of benzene rings is 1. The molecule has 1 aromatic rings. The Kier molecular flexibility index (Phi) is 11.6. The molecule has 0 aromatic heterocycles. The predicted octanol–water partition coefficient (Wildman–Crippen LogP) is 5.09. The van der Waals surface area contributed by atoms with Gasteiger partial charge in [0.05, 0.1) is 0 Å². The summed E-state index contributed by atoms with van der Waals surface area (Å²) in [5.74, 6) is 0.0977. The molecular weight excluding hydrogens is 462 g/mol. The van der Waals surface area contributed by atoms with Gasteiger partial charge in [-0.2, -0.15) is 11.8 Å². The molecule has 0 fully saturated rings. The van der Waals surface area contributed by atoms with Crippen LogP contribution in [0.25, 0.3) is 0 Å². The molecule has 7 nitrogen and oxygen atoms in total. The molecule has 0 aliphatic heterocycles. The van der Waals surface area contributed by atoms with Crippen molar-refractivity contribution in [3.8, 4) is 0 Å². The molecule has 2 N–H and O–H groups in total. The quantitative estimate of drug-likeness (QED) is 0.461. The van der Waals surface area contributed by atoms with E-state index in [-0.39, 0.29) is 17.9 Å². The third-order valence-electron chi connectivity index (χ3n) is 5.14. The highest BCUT2D eigenvalue weighted by Gasteiger charge is 2.38. The lowest BCUT2D eigenvalue weighted by Gasteiger charge is -2.38. The number of hydrogen-bond acceptors (Lipinski definition) is 5. The molecule has 1 rings (SSSR count). The molecule has 0 aliphatic carbocycles. The summed E-state index contributed by atoms with van der Waals surface area (Å²) in [5, 5.41) is 5.80. The Bertz CT molecular complexity index is 841. The van der Waals surface area contributed by atoms with Crippen LogP contribution in [0.1, 0.15) is 85.9 Å². The van der Waals surface area contributed by atoms with Gasteiger partial charge in [0.25, 0.3) is 0 Å². The average molecular weight is 508 g/mol. The Morgan fingerprint density at radius 2 is 1.60 bits per heavy atom. The lowest BCUT2D eigenvalue weighted by molar-refractivity contribution is -0.145. The Labute approximate surface area is 216 Å². The summed E-state index contributed by atoms with van der Waals surface area (Å²) in [6.45, 7) is 16.9. The van der Waals surface area contributed by atoms with Crippen molar-refractivity contribution in [3.05, 3.63) is 35.4 Å². The third-order valence-corrected chi connectivity index (χ3v) is 5.78. The minimum atomic E-state index is -0.843. The number of carbonyl (C=O) groups is 3. The van der Waals surface area contributed by atoms with Crippen molar-refractivity contribution in [2.45, 2.75) is 104 Å². The van der Waals surface area contributed by atoms with Crippen LogP contribution in [0, 0.1) is 0 Å². The number of aryl methyl sites for hydroxylation is 1. The standard InChI is InChI=1S/C27H45N3O4S/c1-11-19-12-14-20(15-13-19)22(23(31)29-26(4,5)6)30(18(2)3)24(32)21(16-17-35-10)28-25(33)34-27(7,8)9/h12-15,18,21-22H,11,16-17H2,1-10H3,(H,28,33)(H,29,31). The highest BCUT2D eigenvalue weighted by Crippen LogP contribution is 2.27. The third kappa shape index (κ3) is 10.5. The van der Waals surface area contributed by atoms with Crippen molar-refractivity contribution < 1.29 is 19.1 Å². The van der Waals surface area contributed by atoms with Crippen LogP contribution in [0.3, 0.4) is 0 Å². The molecule has 0 radical (unpaired) electrons. The molecule has 3 amide bonds. The van der Waals surface area contributed by atoms with Crippen LogP contribution < -0.4 is 10.6 Å². The number of ether oxygens (including phenoxy) is 1. The molecule has 0 saturated carbocycles. The van der Waals surface area contributed by atoms with E-state index in [0.29, 0.717) is 12.2 Å². The summed E-state index contributed by atoms with van der Waals surface area (Å²) in [7, 11) is 0. The average Bonchev–Trinajstić information content (AvgIpc) is 2.71. The van der Waals surface area contributed by atoms with E-state index in [1.807, 2.05) is 65.1 Å². The number of hydrogen-bond donors (Lipinski definition) is 2. The smallest absolute Gasteiger partial charge is 0.408 e. The van der Waals surface area contributed by atoms with E-state index in [4.69, 9.17) is 4.74 Å². The van der Waals surface area contributed by atoms with Gasteiger partial charge < -0.3 is 20.3 Å². The molecule has 0 aliphatic rings. The first-order valence-corrected chi connectivity index (χ1v) is 13.7. The summed E-state index contributed by atoms with van der Waals surface area (Å²) in [5.41, 5.74) is 0.713. The predicted molar refractivity (Wildman–Crippen MR) is 145 cm³/mol. The van der Waals surface area contributed by atoms with Gasteiger partial charge in [0.1, 0.15) is 17.7 Å². The van der Waals surface area contributed by atoms with Crippen LogP contribution in [-0.2, 0) is 20.7 Å².